The minimum absolute atomic E-state index is 0.0513. The molecule has 2 aromatic heterocycles. The van der Waals surface area contributed by atoms with Gasteiger partial charge in [-0.3, -0.25) is 5.10 Å². The van der Waals surface area contributed by atoms with Crippen LogP contribution in [0.15, 0.2) is 12.3 Å². The highest BCUT2D eigenvalue weighted by atomic mass is 16.4. The lowest BCUT2D eigenvalue weighted by Crippen LogP contribution is -2.03. The van der Waals surface area contributed by atoms with E-state index in [2.05, 4.69) is 15.2 Å². The quantitative estimate of drug-likeness (QED) is 0.783. The van der Waals surface area contributed by atoms with Gasteiger partial charge in [0.15, 0.2) is 11.3 Å². The van der Waals surface area contributed by atoms with E-state index in [1.54, 1.807) is 12.3 Å². The molecule has 2 aromatic rings. The molecule has 0 radical (unpaired) electrons. The third-order valence-electron chi connectivity index (χ3n) is 2.30. The average molecular weight is 205 g/mol. The number of hydrogen-bond donors (Lipinski definition) is 2. The number of aromatic nitrogens is 3. The first-order valence-electron chi connectivity index (χ1n) is 4.67. The van der Waals surface area contributed by atoms with Gasteiger partial charge in [0, 0.05) is 5.39 Å². The minimum Gasteiger partial charge on any atom is -0.477 e. The second kappa shape index (κ2) is 3.34. The maximum absolute atomic E-state index is 10.8. The molecule has 0 saturated carbocycles. The molecule has 0 amide bonds. The molecule has 2 N–H and O–H groups in total. The number of pyridine rings is 1. The van der Waals surface area contributed by atoms with Gasteiger partial charge in [0.2, 0.25) is 0 Å². The molecule has 2 rings (SSSR count). The molecule has 0 fully saturated rings. The Morgan fingerprint density at radius 1 is 1.53 bits per heavy atom. The van der Waals surface area contributed by atoms with E-state index < -0.39 is 5.97 Å². The van der Waals surface area contributed by atoms with Crippen LogP contribution in [0, 0.1) is 0 Å². The third kappa shape index (κ3) is 1.56. The van der Waals surface area contributed by atoms with E-state index in [0.717, 1.165) is 10.9 Å². The van der Waals surface area contributed by atoms with Crippen molar-refractivity contribution < 1.29 is 9.90 Å². The summed E-state index contributed by atoms with van der Waals surface area (Å²) in [6, 6.07) is 1.60. The molecule has 0 aliphatic rings. The summed E-state index contributed by atoms with van der Waals surface area (Å²) in [7, 11) is 0. The van der Waals surface area contributed by atoms with Crippen LogP contribution in [-0.4, -0.2) is 26.3 Å². The Bertz CT molecular complexity index is 516. The number of aromatic carboxylic acids is 1. The van der Waals surface area contributed by atoms with Gasteiger partial charge < -0.3 is 5.11 Å². The lowest BCUT2D eigenvalue weighted by molar-refractivity contribution is 0.0691. The van der Waals surface area contributed by atoms with E-state index in [1.165, 1.54) is 0 Å². The number of H-pyrrole nitrogens is 1. The molecule has 2 heterocycles. The van der Waals surface area contributed by atoms with Crippen molar-refractivity contribution >= 4 is 17.0 Å². The summed E-state index contributed by atoms with van der Waals surface area (Å²) >= 11 is 0. The van der Waals surface area contributed by atoms with Gasteiger partial charge in [0.05, 0.1) is 6.20 Å². The zero-order valence-electron chi connectivity index (χ0n) is 8.48. The molecule has 0 bridgehead atoms. The SMILES string of the molecule is CC(C)c1cc(C(=O)O)nc2[nH]ncc12. The lowest BCUT2D eigenvalue weighted by atomic mass is 10.0. The first-order valence-corrected chi connectivity index (χ1v) is 4.67. The highest BCUT2D eigenvalue weighted by molar-refractivity contribution is 5.90. The number of carboxylic acids is 1. The molecule has 0 aromatic carbocycles. The molecule has 15 heavy (non-hydrogen) atoms. The molecule has 5 nitrogen and oxygen atoms in total. The smallest absolute Gasteiger partial charge is 0.354 e. The van der Waals surface area contributed by atoms with Crippen LogP contribution in [0.3, 0.4) is 0 Å². The molecule has 5 heteroatoms. The topological polar surface area (TPSA) is 78.9 Å². The van der Waals surface area contributed by atoms with Gasteiger partial charge in [0.1, 0.15) is 0 Å². The number of hydrogen-bond acceptors (Lipinski definition) is 3. The van der Waals surface area contributed by atoms with Crippen LogP contribution < -0.4 is 0 Å². The van der Waals surface area contributed by atoms with Gasteiger partial charge in [-0.25, -0.2) is 9.78 Å². The Morgan fingerprint density at radius 3 is 2.87 bits per heavy atom. The number of rotatable bonds is 2. The van der Waals surface area contributed by atoms with E-state index >= 15 is 0 Å². The average Bonchev–Trinajstić information content (AvgIpc) is 2.62. The molecular formula is C10H11N3O2. The Morgan fingerprint density at radius 2 is 2.27 bits per heavy atom. The van der Waals surface area contributed by atoms with Crippen molar-refractivity contribution in [2.45, 2.75) is 19.8 Å². The fourth-order valence-corrected chi connectivity index (χ4v) is 1.54. The summed E-state index contributed by atoms with van der Waals surface area (Å²) in [5.41, 5.74) is 1.53. The Balaban J connectivity index is 2.74. The fourth-order valence-electron chi connectivity index (χ4n) is 1.54. The molecule has 0 saturated heterocycles. The summed E-state index contributed by atoms with van der Waals surface area (Å²) in [4.78, 5) is 14.8. The predicted octanol–water partition coefficient (Wildman–Crippen LogP) is 1.78. The van der Waals surface area contributed by atoms with Crippen molar-refractivity contribution in [3.8, 4) is 0 Å². The predicted molar refractivity (Wildman–Crippen MR) is 54.9 cm³/mol. The van der Waals surface area contributed by atoms with Crippen molar-refractivity contribution in [2.75, 3.05) is 0 Å². The first-order chi connectivity index (χ1) is 7.09. The molecule has 0 aliphatic heterocycles. The maximum atomic E-state index is 10.8. The Labute approximate surface area is 86.1 Å². The number of nitrogens with zero attached hydrogens (tertiary/aromatic N) is 2. The van der Waals surface area contributed by atoms with Crippen LogP contribution in [0.1, 0.15) is 35.8 Å². The van der Waals surface area contributed by atoms with E-state index in [4.69, 9.17) is 5.11 Å². The van der Waals surface area contributed by atoms with Gasteiger partial charge in [-0.1, -0.05) is 13.8 Å². The Hall–Kier alpha value is -1.91. The van der Waals surface area contributed by atoms with Gasteiger partial charge in [-0.2, -0.15) is 5.10 Å². The summed E-state index contributed by atoms with van der Waals surface area (Å²) in [6.45, 7) is 4.01. The van der Waals surface area contributed by atoms with Gasteiger partial charge in [-0.15, -0.1) is 0 Å². The molecule has 78 valence electrons. The fraction of sp³-hybridized carbons (Fsp3) is 0.300. The molecule has 0 aliphatic carbocycles. The van der Waals surface area contributed by atoms with Gasteiger partial charge in [-0.05, 0) is 17.5 Å². The number of nitrogens with one attached hydrogen (secondary N) is 1. The van der Waals surface area contributed by atoms with Crippen LogP contribution in [0.5, 0.6) is 0 Å². The van der Waals surface area contributed by atoms with E-state index in [0.29, 0.717) is 5.65 Å². The van der Waals surface area contributed by atoms with E-state index in [9.17, 15) is 4.79 Å². The van der Waals surface area contributed by atoms with Crippen molar-refractivity contribution in [1.29, 1.82) is 0 Å². The van der Waals surface area contributed by atoms with Gasteiger partial charge in [0.25, 0.3) is 0 Å². The first kappa shape index (κ1) is 9.64. The lowest BCUT2D eigenvalue weighted by Gasteiger charge is -2.07. The van der Waals surface area contributed by atoms with Crippen molar-refractivity contribution in [2.24, 2.45) is 0 Å². The van der Waals surface area contributed by atoms with Crippen molar-refractivity contribution in [3.63, 3.8) is 0 Å². The monoisotopic (exact) mass is 205 g/mol. The van der Waals surface area contributed by atoms with Crippen molar-refractivity contribution in [3.05, 3.63) is 23.5 Å². The van der Waals surface area contributed by atoms with Crippen LogP contribution >= 0.6 is 0 Å². The number of fused-ring (bicyclic) bond motifs is 1. The third-order valence-corrected chi connectivity index (χ3v) is 2.30. The zero-order chi connectivity index (χ0) is 11.0. The zero-order valence-corrected chi connectivity index (χ0v) is 8.48. The summed E-state index contributed by atoms with van der Waals surface area (Å²) < 4.78 is 0. The highest BCUT2D eigenvalue weighted by Gasteiger charge is 2.13. The van der Waals surface area contributed by atoms with Crippen LogP contribution in [-0.2, 0) is 0 Å². The van der Waals surface area contributed by atoms with Gasteiger partial charge >= 0.3 is 5.97 Å². The number of carboxylic acid groups (broad SMARTS) is 1. The summed E-state index contributed by atoms with van der Waals surface area (Å²) in [5, 5.41) is 16.3. The molecule has 0 atom stereocenters. The summed E-state index contributed by atoms with van der Waals surface area (Å²) in [6.07, 6.45) is 1.67. The molecule has 0 unspecified atom stereocenters. The number of carbonyl (C=O) groups is 1. The normalized spacial score (nSPS) is 11.1. The van der Waals surface area contributed by atoms with Crippen LogP contribution in [0.2, 0.25) is 0 Å². The Kier molecular flexibility index (Phi) is 2.15. The van der Waals surface area contributed by atoms with Crippen LogP contribution in [0.25, 0.3) is 11.0 Å². The standard InChI is InChI=1S/C10H11N3O2/c1-5(2)6-3-8(10(14)15)12-9-7(6)4-11-13-9/h3-5H,1-2H3,(H,14,15)(H,11,12,13). The second-order valence-electron chi connectivity index (χ2n) is 3.69. The van der Waals surface area contributed by atoms with Crippen molar-refractivity contribution in [1.82, 2.24) is 15.2 Å². The largest absolute Gasteiger partial charge is 0.477 e. The summed E-state index contributed by atoms with van der Waals surface area (Å²) in [5.74, 6) is -0.778. The van der Waals surface area contributed by atoms with E-state index in [1.807, 2.05) is 13.8 Å². The maximum Gasteiger partial charge on any atom is 0.354 e. The molecule has 0 spiro atoms. The molecular weight excluding hydrogens is 194 g/mol. The minimum atomic E-state index is -1.02. The number of aromatic amines is 1. The van der Waals surface area contributed by atoms with Crippen LogP contribution in [0.4, 0.5) is 0 Å². The second-order valence-corrected chi connectivity index (χ2v) is 3.69. The highest BCUT2D eigenvalue weighted by Crippen LogP contribution is 2.23. The van der Waals surface area contributed by atoms with E-state index in [-0.39, 0.29) is 11.6 Å².